The molecule has 1 amide bonds. The number of hydrogen-bond donors (Lipinski definition) is 1. The van der Waals surface area contributed by atoms with E-state index in [2.05, 4.69) is 69.4 Å². The first kappa shape index (κ1) is 25.2. The Balaban J connectivity index is 1.74. The lowest BCUT2D eigenvalue weighted by Crippen LogP contribution is -2.45. The maximum atomic E-state index is 11.6. The van der Waals surface area contributed by atoms with Gasteiger partial charge in [0.2, 0.25) is 0 Å². The smallest absolute Gasteiger partial charge is 0.268 e. The monoisotopic (exact) mass is 485 g/mol. The third-order valence-corrected chi connectivity index (χ3v) is 11.9. The fraction of sp³-hybridized carbons (Fsp3) is 0.440. The minimum Gasteiger partial charge on any atom is -0.493 e. The summed E-state index contributed by atoms with van der Waals surface area (Å²) in [5.41, 5.74) is 6.83. The van der Waals surface area contributed by atoms with Crippen molar-refractivity contribution in [1.82, 2.24) is 9.55 Å². The molecule has 0 aliphatic heterocycles. The number of nitrogens with zero attached hydrogens (tertiary/aromatic N) is 2. The zero-order valence-corrected chi connectivity index (χ0v) is 22.2. The molecule has 2 aromatic heterocycles. The lowest BCUT2D eigenvalue weighted by atomic mass is 10.1. The highest BCUT2D eigenvalue weighted by Gasteiger charge is 2.40. The number of thiophene rings is 1. The van der Waals surface area contributed by atoms with Crippen molar-refractivity contribution < 1.29 is 14.0 Å². The molecule has 0 fully saturated rings. The second-order valence-electron chi connectivity index (χ2n) is 9.86. The molecular formula is C25H35N3O3SSi. The molecule has 0 saturated carbocycles. The first-order valence-electron chi connectivity index (χ1n) is 11.3. The van der Waals surface area contributed by atoms with Crippen LogP contribution < -0.4 is 10.5 Å². The van der Waals surface area contributed by atoms with E-state index in [0.29, 0.717) is 13.0 Å². The zero-order chi connectivity index (χ0) is 24.2. The number of ether oxygens (including phenoxy) is 1. The summed E-state index contributed by atoms with van der Waals surface area (Å²) in [6.45, 7) is 13.8. The van der Waals surface area contributed by atoms with E-state index >= 15 is 0 Å². The molecule has 33 heavy (non-hydrogen) atoms. The van der Waals surface area contributed by atoms with Gasteiger partial charge in [0.05, 0.1) is 25.1 Å². The molecular weight excluding hydrogens is 450 g/mol. The van der Waals surface area contributed by atoms with E-state index in [1.165, 1.54) is 4.88 Å². The first-order chi connectivity index (χ1) is 15.5. The summed E-state index contributed by atoms with van der Waals surface area (Å²) in [5, 5.41) is 2.17. The largest absolute Gasteiger partial charge is 0.493 e. The Kier molecular flexibility index (Phi) is 7.82. The topological polar surface area (TPSA) is 79.4 Å². The molecule has 2 heterocycles. The van der Waals surface area contributed by atoms with E-state index in [9.17, 15) is 4.79 Å². The van der Waals surface area contributed by atoms with Gasteiger partial charge in [0.25, 0.3) is 5.91 Å². The van der Waals surface area contributed by atoms with Gasteiger partial charge < -0.3 is 19.5 Å². The first-order valence-corrected chi connectivity index (χ1v) is 15.0. The fourth-order valence-corrected chi connectivity index (χ4v) is 5.64. The van der Waals surface area contributed by atoms with Crippen LogP contribution in [-0.4, -0.2) is 36.5 Å². The van der Waals surface area contributed by atoms with Gasteiger partial charge in [-0.15, -0.1) is 11.3 Å². The number of hydrogen-bond acceptors (Lipinski definition) is 5. The van der Waals surface area contributed by atoms with Gasteiger partial charge >= 0.3 is 0 Å². The molecule has 3 aromatic rings. The van der Waals surface area contributed by atoms with Gasteiger partial charge in [-0.2, -0.15) is 0 Å². The number of nitrogens with two attached hydrogens (primary N) is 1. The van der Waals surface area contributed by atoms with Crippen LogP contribution in [-0.2, 0) is 4.43 Å². The maximum absolute atomic E-state index is 11.6. The minimum absolute atomic E-state index is 0.0415. The third kappa shape index (κ3) is 6.34. The van der Waals surface area contributed by atoms with E-state index in [1.807, 2.05) is 22.8 Å². The highest BCUT2D eigenvalue weighted by atomic mass is 32.1. The third-order valence-electron chi connectivity index (χ3n) is 6.39. The Morgan fingerprint density at radius 1 is 1.24 bits per heavy atom. The van der Waals surface area contributed by atoms with Crippen molar-refractivity contribution >= 4 is 25.6 Å². The van der Waals surface area contributed by atoms with Crippen LogP contribution >= 0.6 is 11.3 Å². The van der Waals surface area contributed by atoms with Crippen LogP contribution in [0.4, 0.5) is 0 Å². The average Bonchev–Trinajstić information content (AvgIpc) is 3.42. The molecule has 0 aliphatic rings. The second kappa shape index (κ2) is 10.2. The minimum atomic E-state index is -1.99. The summed E-state index contributed by atoms with van der Waals surface area (Å²) in [6.07, 6.45) is 3.99. The number of carbonyl (C=O) groups excluding carboxylic acids is 1. The summed E-state index contributed by atoms with van der Waals surface area (Å²) in [7, 11) is -1.99. The van der Waals surface area contributed by atoms with Gasteiger partial charge in [-0.1, -0.05) is 39.0 Å². The molecule has 178 valence electrons. The Bertz CT molecular complexity index is 1060. The van der Waals surface area contributed by atoms with Crippen molar-refractivity contribution in [3.05, 3.63) is 60.0 Å². The van der Waals surface area contributed by atoms with Crippen LogP contribution in [0.25, 0.3) is 10.4 Å². The summed E-state index contributed by atoms with van der Waals surface area (Å²) in [5.74, 6) is 0.299. The maximum Gasteiger partial charge on any atom is 0.268 e. The van der Waals surface area contributed by atoms with Crippen molar-refractivity contribution in [3.8, 4) is 16.2 Å². The van der Waals surface area contributed by atoms with Crippen LogP contribution in [0.15, 0.2) is 54.3 Å². The van der Waals surface area contributed by atoms with Crippen LogP contribution in [0, 0.1) is 0 Å². The van der Waals surface area contributed by atoms with Gasteiger partial charge in [-0.3, -0.25) is 4.79 Å². The predicted molar refractivity (Wildman–Crippen MR) is 137 cm³/mol. The molecule has 2 unspecified atom stereocenters. The van der Waals surface area contributed by atoms with Gasteiger partial charge in [-0.25, -0.2) is 4.98 Å². The molecule has 8 heteroatoms. The normalized spacial score (nSPS) is 14.1. The molecule has 2 N–H and O–H groups in total. The highest BCUT2D eigenvalue weighted by Crippen LogP contribution is 2.39. The Morgan fingerprint density at radius 3 is 2.61 bits per heavy atom. The lowest BCUT2D eigenvalue weighted by molar-refractivity contribution is 0.0994. The van der Waals surface area contributed by atoms with Crippen LogP contribution in [0.2, 0.25) is 18.1 Å². The molecule has 2 atom stereocenters. The molecule has 3 rings (SSSR count). The number of benzene rings is 1. The fourth-order valence-electron chi connectivity index (χ4n) is 3.47. The summed E-state index contributed by atoms with van der Waals surface area (Å²) < 4.78 is 14.7. The Hall–Kier alpha value is -2.42. The number of aromatic nitrogens is 2. The molecule has 0 bridgehead atoms. The predicted octanol–water partition coefficient (Wildman–Crippen LogP) is 6.13. The molecule has 0 spiro atoms. The molecule has 0 radical (unpaired) electrons. The van der Waals surface area contributed by atoms with E-state index in [-0.39, 0.29) is 22.9 Å². The van der Waals surface area contributed by atoms with Crippen molar-refractivity contribution in [2.45, 2.75) is 64.4 Å². The van der Waals surface area contributed by atoms with E-state index in [1.54, 1.807) is 23.9 Å². The standard InChI is InChI=1S/C25H35N3O3SSi/c1-18(31-33(5,6)25(2,3)4)22(28-16-21(24(26)29)27-17-28)12-13-30-20-10-7-9-19(15-20)23-11-8-14-32-23/h7-11,14-18,22H,12-13H2,1-6H3,(H2,26,29). The molecule has 0 aliphatic carbocycles. The van der Waals surface area contributed by atoms with Gasteiger partial charge in [0.1, 0.15) is 11.4 Å². The number of rotatable bonds is 10. The second-order valence-corrected chi connectivity index (χ2v) is 15.6. The van der Waals surface area contributed by atoms with Crippen molar-refractivity contribution in [1.29, 1.82) is 0 Å². The number of imidazole rings is 1. The summed E-state index contributed by atoms with van der Waals surface area (Å²) >= 11 is 1.71. The number of amides is 1. The number of primary amides is 1. The van der Waals surface area contributed by atoms with E-state index < -0.39 is 14.2 Å². The van der Waals surface area contributed by atoms with Crippen molar-refractivity contribution in [2.24, 2.45) is 5.73 Å². The van der Waals surface area contributed by atoms with Gasteiger partial charge in [-0.05, 0) is 54.2 Å². The van der Waals surface area contributed by atoms with Gasteiger partial charge in [0, 0.05) is 17.5 Å². The van der Waals surface area contributed by atoms with Crippen LogP contribution in [0.3, 0.4) is 0 Å². The van der Waals surface area contributed by atoms with Crippen LogP contribution in [0.1, 0.15) is 50.6 Å². The summed E-state index contributed by atoms with van der Waals surface area (Å²) in [4.78, 5) is 17.0. The molecule has 1 aromatic carbocycles. The van der Waals surface area contributed by atoms with Crippen LogP contribution in [0.5, 0.6) is 5.75 Å². The highest BCUT2D eigenvalue weighted by molar-refractivity contribution is 7.13. The Labute approximate surface area is 201 Å². The van der Waals surface area contributed by atoms with E-state index in [4.69, 9.17) is 14.9 Å². The SMILES string of the molecule is CC(O[Si](C)(C)C(C)(C)C)C(CCOc1cccc(-c2cccs2)c1)n1cnc(C(N)=O)c1. The Morgan fingerprint density at radius 2 is 2.00 bits per heavy atom. The molecule has 6 nitrogen and oxygen atoms in total. The lowest BCUT2D eigenvalue weighted by Gasteiger charge is -2.40. The molecule has 0 saturated heterocycles. The average molecular weight is 486 g/mol. The van der Waals surface area contributed by atoms with E-state index in [0.717, 1.165) is 11.3 Å². The number of carbonyl (C=O) groups is 1. The quantitative estimate of drug-likeness (QED) is 0.350. The van der Waals surface area contributed by atoms with Crippen molar-refractivity contribution in [2.75, 3.05) is 6.61 Å². The van der Waals surface area contributed by atoms with Crippen molar-refractivity contribution in [3.63, 3.8) is 0 Å². The zero-order valence-electron chi connectivity index (χ0n) is 20.4. The summed E-state index contributed by atoms with van der Waals surface area (Å²) in [6, 6.07) is 12.3. The van der Waals surface area contributed by atoms with Gasteiger partial charge in [0.15, 0.2) is 8.32 Å².